The monoisotopic (exact) mass is 260 g/mol. The summed E-state index contributed by atoms with van der Waals surface area (Å²) in [6.45, 7) is 2.06. The fraction of sp³-hybridized carbons (Fsp3) is 0.0556. The average molecular weight is 260 g/mol. The first-order valence-electron chi connectivity index (χ1n) is 6.59. The molecule has 1 aromatic heterocycles. The van der Waals surface area contributed by atoms with Crippen molar-refractivity contribution >= 4 is 22.8 Å². The first kappa shape index (κ1) is 11.2. The summed E-state index contributed by atoms with van der Waals surface area (Å²) < 4.78 is 5.98. The Kier molecular flexibility index (Phi) is 2.21. The molecule has 1 aliphatic carbocycles. The van der Waals surface area contributed by atoms with E-state index in [9.17, 15) is 4.79 Å². The van der Waals surface area contributed by atoms with Crippen molar-refractivity contribution in [2.45, 2.75) is 6.92 Å². The van der Waals surface area contributed by atoms with Crippen LogP contribution in [0, 0.1) is 6.92 Å². The van der Waals surface area contributed by atoms with Crippen LogP contribution in [0.1, 0.15) is 21.5 Å². The Bertz CT molecular complexity index is 864. The number of furan rings is 1. The highest BCUT2D eigenvalue weighted by atomic mass is 16.3. The minimum Gasteiger partial charge on any atom is -0.455 e. The summed E-state index contributed by atoms with van der Waals surface area (Å²) in [5.74, 6) is 0.871. The lowest BCUT2D eigenvalue weighted by atomic mass is 9.94. The third-order valence-electron chi connectivity index (χ3n) is 3.73. The summed E-state index contributed by atoms with van der Waals surface area (Å²) >= 11 is 0. The predicted molar refractivity (Wildman–Crippen MR) is 79.8 cm³/mol. The van der Waals surface area contributed by atoms with Gasteiger partial charge >= 0.3 is 0 Å². The van der Waals surface area contributed by atoms with Gasteiger partial charge in [-0.05, 0) is 25.1 Å². The number of carbonyl (C=O) groups excluding carboxylic acids is 1. The first-order valence-corrected chi connectivity index (χ1v) is 6.59. The number of allylic oxidation sites excluding steroid dienone is 1. The van der Waals surface area contributed by atoms with Crippen molar-refractivity contribution in [2.75, 3.05) is 0 Å². The number of aryl methyl sites for hydroxylation is 1. The second-order valence-electron chi connectivity index (χ2n) is 5.09. The van der Waals surface area contributed by atoms with Crippen molar-refractivity contribution in [1.82, 2.24) is 0 Å². The van der Waals surface area contributed by atoms with Crippen LogP contribution in [0.4, 0.5) is 0 Å². The highest BCUT2D eigenvalue weighted by Gasteiger charge is 2.22. The molecular formula is C18H12O2. The van der Waals surface area contributed by atoms with Crippen molar-refractivity contribution in [2.24, 2.45) is 0 Å². The lowest BCUT2D eigenvalue weighted by molar-refractivity contribution is 0.104. The largest absolute Gasteiger partial charge is 0.455 e. The predicted octanol–water partition coefficient (Wildman–Crippen LogP) is 4.62. The number of carbonyl (C=O) groups is 1. The van der Waals surface area contributed by atoms with Crippen LogP contribution in [0.5, 0.6) is 0 Å². The van der Waals surface area contributed by atoms with E-state index in [2.05, 4.69) is 19.1 Å². The topological polar surface area (TPSA) is 30.2 Å². The lowest BCUT2D eigenvalue weighted by Crippen LogP contribution is -1.99. The van der Waals surface area contributed by atoms with E-state index in [1.54, 1.807) is 6.08 Å². The quantitative estimate of drug-likeness (QED) is 0.639. The van der Waals surface area contributed by atoms with Crippen molar-refractivity contribution in [3.63, 3.8) is 0 Å². The minimum absolute atomic E-state index is 0.0411. The maximum absolute atomic E-state index is 11.9. The third-order valence-corrected chi connectivity index (χ3v) is 3.73. The van der Waals surface area contributed by atoms with Crippen LogP contribution in [0.15, 0.2) is 53.0 Å². The average Bonchev–Trinajstić information content (AvgIpc) is 2.84. The van der Waals surface area contributed by atoms with Crippen LogP contribution >= 0.6 is 0 Å². The Morgan fingerprint density at radius 1 is 0.950 bits per heavy atom. The van der Waals surface area contributed by atoms with Crippen LogP contribution < -0.4 is 0 Å². The van der Waals surface area contributed by atoms with Gasteiger partial charge in [0.25, 0.3) is 0 Å². The van der Waals surface area contributed by atoms with Crippen LogP contribution in [-0.2, 0) is 0 Å². The Labute approximate surface area is 116 Å². The van der Waals surface area contributed by atoms with Gasteiger partial charge in [0.15, 0.2) is 5.78 Å². The Morgan fingerprint density at radius 3 is 2.55 bits per heavy atom. The van der Waals surface area contributed by atoms with Crippen LogP contribution in [0.3, 0.4) is 0 Å². The molecule has 4 rings (SSSR count). The standard InChI is InChI=1S/C18H12O2/c1-11-5-7-12(8-6-11)18-14-9-10-15(19)13-3-2-4-16(20-18)17(13)14/h2-10H,1H3. The molecule has 0 spiro atoms. The smallest absolute Gasteiger partial charge is 0.186 e. The second-order valence-corrected chi connectivity index (χ2v) is 5.09. The van der Waals surface area contributed by atoms with Gasteiger partial charge in [0.2, 0.25) is 0 Å². The van der Waals surface area contributed by atoms with Gasteiger partial charge < -0.3 is 4.42 Å². The highest BCUT2D eigenvalue weighted by molar-refractivity contribution is 6.20. The summed E-state index contributed by atoms with van der Waals surface area (Å²) in [5.41, 5.74) is 4.74. The molecule has 0 saturated carbocycles. The van der Waals surface area contributed by atoms with Crippen molar-refractivity contribution in [3.05, 3.63) is 65.2 Å². The number of benzene rings is 2. The van der Waals surface area contributed by atoms with Crippen molar-refractivity contribution in [1.29, 1.82) is 0 Å². The molecule has 0 unspecified atom stereocenters. The number of hydrogen-bond acceptors (Lipinski definition) is 2. The maximum atomic E-state index is 11.9. The summed E-state index contributed by atoms with van der Waals surface area (Å²) in [6.07, 6.45) is 3.47. The second kappa shape index (κ2) is 3.94. The molecule has 0 atom stereocenters. The number of hydrogen-bond donors (Lipinski definition) is 0. The Balaban J connectivity index is 2.06. The molecule has 2 nitrogen and oxygen atoms in total. The van der Waals surface area contributed by atoms with Gasteiger partial charge in [-0.25, -0.2) is 0 Å². The summed E-state index contributed by atoms with van der Waals surface area (Å²) in [5, 5.41) is 0.926. The highest BCUT2D eigenvalue weighted by Crippen LogP contribution is 2.38. The van der Waals surface area contributed by atoms with E-state index in [0.717, 1.165) is 33.4 Å². The van der Waals surface area contributed by atoms with Gasteiger partial charge in [0, 0.05) is 22.1 Å². The molecule has 1 aliphatic rings. The van der Waals surface area contributed by atoms with Gasteiger partial charge in [-0.3, -0.25) is 4.79 Å². The van der Waals surface area contributed by atoms with Crippen LogP contribution in [0.2, 0.25) is 0 Å². The van der Waals surface area contributed by atoms with E-state index in [4.69, 9.17) is 4.42 Å². The zero-order valence-corrected chi connectivity index (χ0v) is 11.0. The molecular weight excluding hydrogens is 248 g/mol. The molecule has 0 N–H and O–H groups in total. The van der Waals surface area contributed by atoms with Crippen LogP contribution in [-0.4, -0.2) is 5.78 Å². The van der Waals surface area contributed by atoms with Gasteiger partial charge in [-0.2, -0.15) is 0 Å². The minimum atomic E-state index is 0.0411. The first-order chi connectivity index (χ1) is 9.74. The molecule has 0 fully saturated rings. The SMILES string of the molecule is Cc1ccc(-c2oc3cccc4c3c2C=CC4=O)cc1. The summed E-state index contributed by atoms with van der Waals surface area (Å²) in [4.78, 5) is 11.9. The number of ketones is 1. The van der Waals surface area contributed by atoms with E-state index in [1.807, 2.05) is 36.4 Å². The number of rotatable bonds is 1. The van der Waals surface area contributed by atoms with Crippen LogP contribution in [0.25, 0.3) is 28.4 Å². The van der Waals surface area contributed by atoms with Gasteiger partial charge in [-0.15, -0.1) is 0 Å². The third kappa shape index (κ3) is 1.48. The van der Waals surface area contributed by atoms with E-state index < -0.39 is 0 Å². The van der Waals surface area contributed by atoms with Gasteiger partial charge in [0.05, 0.1) is 0 Å². The zero-order chi connectivity index (χ0) is 13.7. The van der Waals surface area contributed by atoms with E-state index >= 15 is 0 Å². The molecule has 0 bridgehead atoms. The molecule has 1 heterocycles. The molecule has 96 valence electrons. The summed E-state index contributed by atoms with van der Waals surface area (Å²) in [7, 11) is 0. The van der Waals surface area contributed by atoms with Gasteiger partial charge in [-0.1, -0.05) is 42.0 Å². The van der Waals surface area contributed by atoms with Crippen molar-refractivity contribution in [3.8, 4) is 11.3 Å². The molecule has 0 amide bonds. The fourth-order valence-electron chi connectivity index (χ4n) is 2.70. The van der Waals surface area contributed by atoms with E-state index in [1.165, 1.54) is 5.56 Å². The Hall–Kier alpha value is -2.61. The van der Waals surface area contributed by atoms with E-state index in [-0.39, 0.29) is 5.78 Å². The van der Waals surface area contributed by atoms with E-state index in [0.29, 0.717) is 0 Å². The molecule has 2 aromatic carbocycles. The fourth-order valence-corrected chi connectivity index (χ4v) is 2.70. The lowest BCUT2D eigenvalue weighted by Gasteiger charge is -2.05. The Morgan fingerprint density at radius 2 is 1.75 bits per heavy atom. The molecule has 0 saturated heterocycles. The zero-order valence-electron chi connectivity index (χ0n) is 11.0. The normalized spacial score (nSPS) is 13.2. The van der Waals surface area contributed by atoms with Gasteiger partial charge in [0.1, 0.15) is 11.3 Å². The maximum Gasteiger partial charge on any atom is 0.186 e. The molecule has 2 heteroatoms. The summed E-state index contributed by atoms with van der Waals surface area (Å²) in [6, 6.07) is 13.8. The molecule has 20 heavy (non-hydrogen) atoms. The molecule has 0 radical (unpaired) electrons. The molecule has 3 aromatic rings. The molecule has 0 aliphatic heterocycles. The van der Waals surface area contributed by atoms with Crippen molar-refractivity contribution < 1.29 is 9.21 Å².